The third kappa shape index (κ3) is 4.07. The first-order chi connectivity index (χ1) is 8.94. The van der Waals surface area contributed by atoms with E-state index in [-0.39, 0.29) is 32.7 Å². The lowest BCUT2D eigenvalue weighted by Gasteiger charge is -2.29. The Morgan fingerprint density at radius 1 is 1.26 bits per heavy atom. The molecule has 112 valence electrons. The molecule has 0 bridgehead atoms. The molecule has 1 fully saturated rings. The molecule has 1 saturated heterocycles. The molecule has 0 radical (unpaired) electrons. The Labute approximate surface area is 110 Å². The second-order valence-corrected chi connectivity index (χ2v) is 4.90. The van der Waals surface area contributed by atoms with Crippen LogP contribution in [0, 0.1) is 5.41 Å². The Bertz CT molecular complexity index is 289. The maximum atomic E-state index is 13.0. The van der Waals surface area contributed by atoms with Gasteiger partial charge in [-0.25, -0.2) is 0 Å². The van der Waals surface area contributed by atoms with Crippen LogP contribution in [0.5, 0.6) is 0 Å². The second kappa shape index (κ2) is 7.09. The number of amides is 1. The maximum Gasteiger partial charge on any atom is 0.404 e. The summed E-state index contributed by atoms with van der Waals surface area (Å²) in [5.74, 6) is -0.924. The van der Waals surface area contributed by atoms with Gasteiger partial charge in [0.15, 0.2) is 5.41 Å². The largest absolute Gasteiger partial charge is 0.404 e. The summed E-state index contributed by atoms with van der Waals surface area (Å²) >= 11 is 0. The highest BCUT2D eigenvalue weighted by Crippen LogP contribution is 2.43. The lowest BCUT2D eigenvalue weighted by atomic mass is 9.85. The van der Waals surface area contributed by atoms with E-state index in [1.807, 2.05) is 0 Å². The maximum absolute atomic E-state index is 13.0. The molecule has 1 unspecified atom stereocenters. The first kappa shape index (κ1) is 16.2. The minimum Gasteiger partial charge on any atom is -0.396 e. The van der Waals surface area contributed by atoms with E-state index in [9.17, 15) is 18.0 Å². The predicted octanol–water partition coefficient (Wildman–Crippen LogP) is 1.20. The van der Waals surface area contributed by atoms with Crippen molar-refractivity contribution in [1.29, 1.82) is 0 Å². The molecule has 4 nitrogen and oxygen atoms in total. The molecule has 1 heterocycles. The predicted molar refractivity (Wildman–Crippen MR) is 64.5 cm³/mol. The van der Waals surface area contributed by atoms with Gasteiger partial charge >= 0.3 is 6.18 Å². The normalized spacial score (nSPS) is 23.6. The molecule has 1 atom stereocenters. The average molecular weight is 282 g/mol. The van der Waals surface area contributed by atoms with Gasteiger partial charge in [-0.2, -0.15) is 13.2 Å². The quantitative estimate of drug-likeness (QED) is 0.615. The molecule has 1 rings (SSSR count). The molecule has 0 saturated carbocycles. The molecular weight excluding hydrogens is 261 g/mol. The highest BCUT2D eigenvalue weighted by atomic mass is 19.4. The van der Waals surface area contributed by atoms with Crippen LogP contribution in [-0.4, -0.2) is 43.4 Å². The lowest BCUT2D eigenvalue weighted by Crippen LogP contribution is -2.52. The number of unbranched alkanes of at least 4 members (excludes halogenated alkanes) is 3. The summed E-state index contributed by atoms with van der Waals surface area (Å²) < 4.78 is 39.0. The standard InChI is InChI=1S/C12H21F3N2O2/c13-12(14,15)11(5-7-16-9-11)10(19)17-6-3-1-2-4-8-18/h16,18H,1-9H2,(H,17,19). The molecular formula is C12H21F3N2O2. The number of nitrogens with one attached hydrogen (secondary N) is 2. The number of aliphatic hydroxyl groups is 1. The Kier molecular flexibility index (Phi) is 6.06. The molecule has 1 aliphatic heterocycles. The van der Waals surface area contributed by atoms with Gasteiger partial charge in [0.2, 0.25) is 5.91 Å². The van der Waals surface area contributed by atoms with Gasteiger partial charge in [-0.3, -0.25) is 4.79 Å². The van der Waals surface area contributed by atoms with Gasteiger partial charge in [0.25, 0.3) is 0 Å². The Morgan fingerprint density at radius 2 is 1.95 bits per heavy atom. The topological polar surface area (TPSA) is 61.4 Å². The van der Waals surface area contributed by atoms with Crippen LogP contribution in [0.15, 0.2) is 0 Å². The Hall–Kier alpha value is -0.820. The molecule has 7 heteroatoms. The van der Waals surface area contributed by atoms with E-state index < -0.39 is 17.5 Å². The van der Waals surface area contributed by atoms with Crippen molar-refractivity contribution in [3.05, 3.63) is 0 Å². The summed E-state index contributed by atoms with van der Waals surface area (Å²) in [6.07, 6.45) is -1.79. The molecule has 0 aromatic heterocycles. The van der Waals surface area contributed by atoms with Gasteiger partial charge in [-0.15, -0.1) is 0 Å². The summed E-state index contributed by atoms with van der Waals surface area (Å²) in [7, 11) is 0. The van der Waals surface area contributed by atoms with Gasteiger partial charge in [0.05, 0.1) is 0 Å². The van der Waals surface area contributed by atoms with Gasteiger partial charge in [-0.05, 0) is 25.8 Å². The average Bonchev–Trinajstić information content (AvgIpc) is 2.83. The monoisotopic (exact) mass is 282 g/mol. The zero-order chi connectivity index (χ0) is 14.4. The van der Waals surface area contributed by atoms with E-state index in [1.54, 1.807) is 0 Å². The first-order valence-electron chi connectivity index (χ1n) is 6.61. The van der Waals surface area contributed by atoms with Crippen LogP contribution in [0.3, 0.4) is 0 Å². The SMILES string of the molecule is O=C(NCCCCCCO)C1(C(F)(F)F)CCNC1. The minimum absolute atomic E-state index is 0.120. The van der Waals surface area contributed by atoms with Crippen LogP contribution >= 0.6 is 0 Å². The molecule has 1 amide bonds. The van der Waals surface area contributed by atoms with Crippen molar-refractivity contribution < 1.29 is 23.1 Å². The van der Waals surface area contributed by atoms with Crippen molar-refractivity contribution in [2.45, 2.75) is 38.3 Å². The van der Waals surface area contributed by atoms with E-state index >= 15 is 0 Å². The van der Waals surface area contributed by atoms with Crippen LogP contribution in [0.2, 0.25) is 0 Å². The number of hydrogen-bond acceptors (Lipinski definition) is 3. The van der Waals surface area contributed by atoms with Gasteiger partial charge in [0, 0.05) is 19.7 Å². The van der Waals surface area contributed by atoms with Crippen LogP contribution in [0.25, 0.3) is 0 Å². The van der Waals surface area contributed by atoms with Crippen LogP contribution in [-0.2, 0) is 4.79 Å². The third-order valence-corrected chi connectivity index (χ3v) is 3.50. The van der Waals surface area contributed by atoms with Crippen molar-refractivity contribution in [3.8, 4) is 0 Å². The Morgan fingerprint density at radius 3 is 2.47 bits per heavy atom. The molecule has 3 N–H and O–H groups in total. The fourth-order valence-electron chi connectivity index (χ4n) is 2.22. The molecule has 0 spiro atoms. The lowest BCUT2D eigenvalue weighted by molar-refractivity contribution is -0.216. The van der Waals surface area contributed by atoms with E-state index in [4.69, 9.17) is 5.11 Å². The summed E-state index contributed by atoms with van der Waals surface area (Å²) in [6.45, 7) is 0.244. The van der Waals surface area contributed by atoms with Crippen molar-refractivity contribution in [3.63, 3.8) is 0 Å². The van der Waals surface area contributed by atoms with Gasteiger partial charge in [0.1, 0.15) is 0 Å². The number of rotatable bonds is 7. The van der Waals surface area contributed by atoms with E-state index in [2.05, 4.69) is 10.6 Å². The molecule has 0 aromatic carbocycles. The number of alkyl halides is 3. The van der Waals surface area contributed by atoms with Gasteiger partial charge in [-0.1, -0.05) is 12.8 Å². The fraction of sp³-hybridized carbons (Fsp3) is 0.917. The van der Waals surface area contributed by atoms with Gasteiger partial charge < -0.3 is 15.7 Å². The summed E-state index contributed by atoms with van der Waals surface area (Å²) in [4.78, 5) is 11.8. The van der Waals surface area contributed by atoms with E-state index in [0.717, 1.165) is 12.8 Å². The smallest absolute Gasteiger partial charge is 0.396 e. The number of hydrogen-bond donors (Lipinski definition) is 3. The minimum atomic E-state index is -4.52. The summed E-state index contributed by atoms with van der Waals surface area (Å²) in [6, 6.07) is 0. The highest BCUT2D eigenvalue weighted by Gasteiger charge is 2.61. The summed E-state index contributed by atoms with van der Waals surface area (Å²) in [5.41, 5.74) is -2.27. The summed E-state index contributed by atoms with van der Waals surface area (Å²) in [5, 5.41) is 13.6. The van der Waals surface area contributed by atoms with Crippen molar-refractivity contribution in [1.82, 2.24) is 10.6 Å². The zero-order valence-corrected chi connectivity index (χ0v) is 10.9. The van der Waals surface area contributed by atoms with Crippen molar-refractivity contribution in [2.75, 3.05) is 26.2 Å². The first-order valence-corrected chi connectivity index (χ1v) is 6.61. The molecule has 19 heavy (non-hydrogen) atoms. The van der Waals surface area contributed by atoms with Crippen LogP contribution in [0.1, 0.15) is 32.1 Å². The molecule has 1 aliphatic rings. The second-order valence-electron chi connectivity index (χ2n) is 4.90. The number of halogens is 3. The van der Waals surface area contributed by atoms with Crippen molar-refractivity contribution >= 4 is 5.91 Å². The third-order valence-electron chi connectivity index (χ3n) is 3.50. The van der Waals surface area contributed by atoms with Crippen LogP contribution in [0.4, 0.5) is 13.2 Å². The fourth-order valence-corrected chi connectivity index (χ4v) is 2.22. The number of carbonyl (C=O) groups is 1. The van der Waals surface area contributed by atoms with Crippen molar-refractivity contribution in [2.24, 2.45) is 5.41 Å². The van der Waals surface area contributed by atoms with E-state index in [0.29, 0.717) is 12.8 Å². The zero-order valence-electron chi connectivity index (χ0n) is 10.9. The number of carbonyl (C=O) groups excluding carboxylic acids is 1. The van der Waals surface area contributed by atoms with Crippen LogP contribution < -0.4 is 10.6 Å². The molecule has 0 aliphatic carbocycles. The highest BCUT2D eigenvalue weighted by molar-refractivity contribution is 5.84. The number of aliphatic hydroxyl groups excluding tert-OH is 1. The Balaban J connectivity index is 2.38. The van der Waals surface area contributed by atoms with E-state index in [1.165, 1.54) is 0 Å². The molecule has 0 aromatic rings.